The second-order valence-corrected chi connectivity index (χ2v) is 6.95. The maximum atomic E-state index is 4.45. The zero-order valence-electron chi connectivity index (χ0n) is 11.9. The highest BCUT2D eigenvalue weighted by Crippen LogP contribution is 2.29. The van der Waals surface area contributed by atoms with E-state index < -0.39 is 0 Å². The van der Waals surface area contributed by atoms with Crippen LogP contribution in [-0.4, -0.2) is 27.8 Å². The van der Waals surface area contributed by atoms with E-state index in [2.05, 4.69) is 63.2 Å². The molecule has 0 amide bonds. The number of pyridine rings is 1. The van der Waals surface area contributed by atoms with Crippen LogP contribution in [0.4, 0.5) is 0 Å². The summed E-state index contributed by atoms with van der Waals surface area (Å²) in [6, 6.07) is 11.2. The number of fused-ring (bicyclic) bond motifs is 1. The molecule has 2 atom stereocenters. The zero-order valence-corrected chi connectivity index (χ0v) is 13.5. The monoisotopic (exact) mass is 332 g/mol. The summed E-state index contributed by atoms with van der Waals surface area (Å²) in [6.07, 6.45) is 7.24. The van der Waals surface area contributed by atoms with Gasteiger partial charge in [0.2, 0.25) is 0 Å². The van der Waals surface area contributed by atoms with E-state index in [9.17, 15) is 0 Å². The molecule has 1 aliphatic rings. The molecular formula is C17H21BrN2. The standard InChI is InChI=1S/C17H21BrN2/c1-20(17-9-5-3-7-15(17)18)12-13-10-11-19-16-8-4-2-6-14(13)16/h2,4,6,8,10-11,15,17H,3,5,7,9,12H2,1H3. The van der Waals surface area contributed by atoms with E-state index >= 15 is 0 Å². The van der Waals surface area contributed by atoms with Gasteiger partial charge in [0.05, 0.1) is 5.52 Å². The summed E-state index contributed by atoms with van der Waals surface area (Å²) >= 11 is 3.86. The van der Waals surface area contributed by atoms with Gasteiger partial charge in [0.15, 0.2) is 0 Å². The molecule has 1 aliphatic carbocycles. The van der Waals surface area contributed by atoms with Gasteiger partial charge in [0.1, 0.15) is 0 Å². The summed E-state index contributed by atoms with van der Waals surface area (Å²) in [5.41, 5.74) is 2.47. The second kappa shape index (κ2) is 6.23. The molecule has 0 spiro atoms. The first-order valence-electron chi connectivity index (χ1n) is 7.42. The number of para-hydroxylation sites is 1. The molecule has 1 fully saturated rings. The fourth-order valence-corrected chi connectivity index (χ4v) is 4.23. The van der Waals surface area contributed by atoms with Crippen molar-refractivity contribution in [3.05, 3.63) is 42.1 Å². The van der Waals surface area contributed by atoms with E-state index in [0.29, 0.717) is 10.9 Å². The van der Waals surface area contributed by atoms with Gasteiger partial charge in [-0.3, -0.25) is 9.88 Å². The van der Waals surface area contributed by atoms with E-state index in [1.54, 1.807) is 0 Å². The van der Waals surface area contributed by atoms with Gasteiger partial charge < -0.3 is 0 Å². The molecule has 1 aromatic carbocycles. The summed E-state index contributed by atoms with van der Waals surface area (Å²) in [5, 5.41) is 1.28. The van der Waals surface area contributed by atoms with E-state index in [4.69, 9.17) is 0 Å². The molecule has 3 heteroatoms. The van der Waals surface area contributed by atoms with Gasteiger partial charge in [0, 0.05) is 29.0 Å². The minimum atomic E-state index is 0.634. The van der Waals surface area contributed by atoms with Crippen LogP contribution in [0.25, 0.3) is 10.9 Å². The van der Waals surface area contributed by atoms with Crippen LogP contribution in [-0.2, 0) is 6.54 Å². The van der Waals surface area contributed by atoms with Crippen LogP contribution < -0.4 is 0 Å². The maximum Gasteiger partial charge on any atom is 0.0705 e. The first kappa shape index (κ1) is 14.0. The molecular weight excluding hydrogens is 312 g/mol. The Labute approximate surface area is 129 Å². The van der Waals surface area contributed by atoms with Gasteiger partial charge in [-0.05, 0) is 37.6 Å². The van der Waals surface area contributed by atoms with Crippen molar-refractivity contribution in [3.63, 3.8) is 0 Å². The van der Waals surface area contributed by atoms with E-state index in [1.807, 2.05) is 6.20 Å². The van der Waals surface area contributed by atoms with Crippen molar-refractivity contribution in [1.82, 2.24) is 9.88 Å². The molecule has 1 heterocycles. The number of alkyl halides is 1. The Morgan fingerprint density at radius 3 is 2.85 bits per heavy atom. The molecule has 0 N–H and O–H groups in total. The third-order valence-corrected chi connectivity index (χ3v) is 5.44. The lowest BCUT2D eigenvalue weighted by molar-refractivity contribution is 0.193. The normalized spacial score (nSPS) is 23.4. The lowest BCUT2D eigenvalue weighted by Crippen LogP contribution is -2.40. The second-order valence-electron chi connectivity index (χ2n) is 5.77. The fourth-order valence-electron chi connectivity index (χ4n) is 3.24. The first-order valence-corrected chi connectivity index (χ1v) is 8.34. The first-order chi connectivity index (χ1) is 9.75. The number of halogens is 1. The van der Waals surface area contributed by atoms with E-state index in [1.165, 1.54) is 36.6 Å². The quantitative estimate of drug-likeness (QED) is 0.775. The Morgan fingerprint density at radius 1 is 1.20 bits per heavy atom. The summed E-state index contributed by atoms with van der Waals surface area (Å²) in [7, 11) is 2.25. The van der Waals surface area contributed by atoms with Crippen molar-refractivity contribution in [2.24, 2.45) is 0 Å². The van der Waals surface area contributed by atoms with Crippen molar-refractivity contribution in [3.8, 4) is 0 Å². The molecule has 3 rings (SSSR count). The Morgan fingerprint density at radius 2 is 2.00 bits per heavy atom. The van der Waals surface area contributed by atoms with Gasteiger partial charge >= 0.3 is 0 Å². The van der Waals surface area contributed by atoms with Crippen molar-refractivity contribution in [2.45, 2.75) is 43.1 Å². The minimum Gasteiger partial charge on any atom is -0.298 e. The SMILES string of the molecule is CN(Cc1ccnc2ccccc12)C1CCCCC1Br. The van der Waals surface area contributed by atoms with Crippen LogP contribution in [0.1, 0.15) is 31.2 Å². The van der Waals surface area contributed by atoms with Gasteiger partial charge in [-0.2, -0.15) is 0 Å². The number of aromatic nitrogens is 1. The summed E-state index contributed by atoms with van der Waals surface area (Å²) in [5.74, 6) is 0. The van der Waals surface area contributed by atoms with Crippen LogP contribution in [0.3, 0.4) is 0 Å². The van der Waals surface area contributed by atoms with Crippen molar-refractivity contribution in [2.75, 3.05) is 7.05 Å². The molecule has 0 aliphatic heterocycles. The zero-order chi connectivity index (χ0) is 13.9. The molecule has 2 unspecified atom stereocenters. The molecule has 0 radical (unpaired) electrons. The number of hydrogen-bond acceptors (Lipinski definition) is 2. The van der Waals surface area contributed by atoms with Crippen molar-refractivity contribution >= 4 is 26.8 Å². The highest BCUT2D eigenvalue weighted by atomic mass is 79.9. The fraction of sp³-hybridized carbons (Fsp3) is 0.471. The Balaban J connectivity index is 1.82. The molecule has 2 nitrogen and oxygen atoms in total. The lowest BCUT2D eigenvalue weighted by atomic mass is 9.94. The Bertz CT molecular complexity index is 579. The van der Waals surface area contributed by atoms with Gasteiger partial charge in [-0.25, -0.2) is 0 Å². The highest BCUT2D eigenvalue weighted by Gasteiger charge is 2.26. The van der Waals surface area contributed by atoms with Gasteiger partial charge in [-0.1, -0.05) is 47.0 Å². The molecule has 0 bridgehead atoms. The predicted octanol–water partition coefficient (Wildman–Crippen LogP) is 4.37. The molecule has 1 saturated carbocycles. The van der Waals surface area contributed by atoms with E-state index in [0.717, 1.165) is 12.1 Å². The van der Waals surface area contributed by atoms with E-state index in [-0.39, 0.29) is 0 Å². The predicted molar refractivity (Wildman–Crippen MR) is 88.2 cm³/mol. The molecule has 106 valence electrons. The van der Waals surface area contributed by atoms with Crippen LogP contribution in [0.2, 0.25) is 0 Å². The number of nitrogens with zero attached hydrogens (tertiary/aromatic N) is 2. The smallest absolute Gasteiger partial charge is 0.0705 e. The molecule has 20 heavy (non-hydrogen) atoms. The topological polar surface area (TPSA) is 16.1 Å². The minimum absolute atomic E-state index is 0.634. The highest BCUT2D eigenvalue weighted by molar-refractivity contribution is 9.09. The molecule has 1 aromatic heterocycles. The summed E-state index contributed by atoms with van der Waals surface area (Å²) in [6.45, 7) is 0.996. The molecule has 2 aromatic rings. The maximum absolute atomic E-state index is 4.45. The van der Waals surface area contributed by atoms with Crippen LogP contribution in [0.15, 0.2) is 36.5 Å². The van der Waals surface area contributed by atoms with Crippen molar-refractivity contribution < 1.29 is 0 Å². The van der Waals surface area contributed by atoms with Crippen LogP contribution >= 0.6 is 15.9 Å². The molecule has 0 saturated heterocycles. The number of rotatable bonds is 3. The summed E-state index contributed by atoms with van der Waals surface area (Å²) < 4.78 is 0. The Kier molecular flexibility index (Phi) is 4.37. The third kappa shape index (κ3) is 2.89. The number of benzene rings is 1. The van der Waals surface area contributed by atoms with Crippen molar-refractivity contribution in [1.29, 1.82) is 0 Å². The summed E-state index contributed by atoms with van der Waals surface area (Å²) in [4.78, 5) is 7.58. The largest absolute Gasteiger partial charge is 0.298 e. The average Bonchev–Trinajstić information content (AvgIpc) is 2.48. The van der Waals surface area contributed by atoms with Crippen LogP contribution in [0, 0.1) is 0 Å². The van der Waals surface area contributed by atoms with Gasteiger partial charge in [0.25, 0.3) is 0 Å². The van der Waals surface area contributed by atoms with Crippen LogP contribution in [0.5, 0.6) is 0 Å². The average molecular weight is 333 g/mol. The van der Waals surface area contributed by atoms with Gasteiger partial charge in [-0.15, -0.1) is 0 Å². The Hall–Kier alpha value is -0.930. The third-order valence-electron chi connectivity index (χ3n) is 4.37. The lowest BCUT2D eigenvalue weighted by Gasteiger charge is -2.35. The number of hydrogen-bond donors (Lipinski definition) is 0.